The molecule has 1 saturated heterocycles. The molecule has 4 aromatic rings. The Morgan fingerprint density at radius 1 is 1.17 bits per heavy atom. The van der Waals surface area contributed by atoms with Crippen molar-refractivity contribution in [1.29, 1.82) is 0 Å². The lowest BCUT2D eigenvalue weighted by molar-refractivity contribution is -0.122. The van der Waals surface area contributed by atoms with Gasteiger partial charge in [-0.2, -0.15) is 0 Å². The molecule has 6 rings (SSSR count). The number of Topliss-reactive ketones (excluding diaryl/α,β-unsaturated/α-hetero) is 1. The van der Waals surface area contributed by atoms with E-state index in [2.05, 4.69) is 9.88 Å². The molecular formula is C30H31FN3O6S-. The van der Waals surface area contributed by atoms with Crippen LogP contribution in [0.5, 0.6) is 11.5 Å². The van der Waals surface area contributed by atoms with Gasteiger partial charge in [0.1, 0.15) is 30.4 Å². The Kier molecular flexibility index (Phi) is 9.28. The maximum atomic E-state index is 12.5. The summed E-state index contributed by atoms with van der Waals surface area (Å²) in [7, 11) is 1.99. The highest BCUT2D eigenvalue weighted by Gasteiger charge is 2.30. The number of aryl methyl sites for hydroxylation is 1. The van der Waals surface area contributed by atoms with E-state index < -0.39 is 17.3 Å². The van der Waals surface area contributed by atoms with Gasteiger partial charge in [-0.05, 0) is 67.3 Å². The van der Waals surface area contributed by atoms with E-state index in [4.69, 9.17) is 13.9 Å². The molecule has 216 valence electrons. The second-order valence-electron chi connectivity index (χ2n) is 9.96. The first kappa shape index (κ1) is 28.7. The SMILES string of the molecule is CN1CCOc2cc(COc3cccc(CCC(=O)[C@@H]4CCCN4S(=O)[O-])c3)cnc21.Fc1ccc2occc2c1. The zero-order valence-electron chi connectivity index (χ0n) is 22.7. The summed E-state index contributed by atoms with van der Waals surface area (Å²) in [6.45, 7) is 2.25. The van der Waals surface area contributed by atoms with Gasteiger partial charge in [-0.3, -0.25) is 9.00 Å². The Morgan fingerprint density at radius 2 is 2.05 bits per heavy atom. The Labute approximate surface area is 240 Å². The molecule has 9 nitrogen and oxygen atoms in total. The van der Waals surface area contributed by atoms with Crippen LogP contribution in [0.25, 0.3) is 11.0 Å². The fourth-order valence-corrected chi connectivity index (χ4v) is 5.63. The average molecular weight is 581 g/mol. The van der Waals surface area contributed by atoms with Crippen molar-refractivity contribution in [2.24, 2.45) is 0 Å². The number of carbonyl (C=O) groups excluding carboxylic acids is 1. The average Bonchev–Trinajstić information content (AvgIpc) is 3.65. The summed E-state index contributed by atoms with van der Waals surface area (Å²) in [5.41, 5.74) is 2.62. The van der Waals surface area contributed by atoms with E-state index in [-0.39, 0.29) is 11.6 Å². The van der Waals surface area contributed by atoms with E-state index in [1.165, 1.54) is 16.4 Å². The van der Waals surface area contributed by atoms with Gasteiger partial charge in [0.25, 0.3) is 0 Å². The number of likely N-dealkylation sites (N-methyl/N-ethyl adjacent to an activating group) is 1. The molecule has 0 saturated carbocycles. The summed E-state index contributed by atoms with van der Waals surface area (Å²) in [6, 6.07) is 15.2. The van der Waals surface area contributed by atoms with Crippen molar-refractivity contribution in [3.05, 3.63) is 84.0 Å². The second-order valence-corrected chi connectivity index (χ2v) is 10.9. The first-order chi connectivity index (χ1) is 19.9. The van der Waals surface area contributed by atoms with Gasteiger partial charge in [-0.15, -0.1) is 0 Å². The zero-order valence-corrected chi connectivity index (χ0v) is 23.5. The molecule has 41 heavy (non-hydrogen) atoms. The van der Waals surface area contributed by atoms with E-state index in [0.29, 0.717) is 44.8 Å². The monoisotopic (exact) mass is 580 g/mol. The topological polar surface area (TPSA) is 108 Å². The predicted molar refractivity (Wildman–Crippen MR) is 152 cm³/mol. The standard InChI is InChI=1S/C22H27N3O5S.C8H5FO/c1-24-10-11-29-21-13-17(14-23-22(21)24)15-30-18-5-2-4-16(12-18)7-8-20(26)19-6-3-9-25(19)31(27)28;9-7-1-2-8-6(5-7)3-4-10-8/h2,4-5,12-14,19H,3,6-11,15H2,1H3,(H,27,28);1-5H/p-1/t19-;/m0./s1. The van der Waals surface area contributed by atoms with Crippen molar-refractivity contribution < 1.29 is 31.8 Å². The Hall–Kier alpha value is -3.80. The van der Waals surface area contributed by atoms with Crippen LogP contribution in [-0.4, -0.2) is 56.6 Å². The number of pyridine rings is 1. The van der Waals surface area contributed by atoms with Gasteiger partial charge in [0.05, 0.1) is 18.8 Å². The van der Waals surface area contributed by atoms with Crippen LogP contribution in [-0.2, 0) is 29.1 Å². The number of furan rings is 1. The minimum Gasteiger partial charge on any atom is -0.760 e. The molecule has 1 fully saturated rings. The van der Waals surface area contributed by atoms with Crippen molar-refractivity contribution in [3.8, 4) is 11.5 Å². The lowest BCUT2D eigenvalue weighted by Crippen LogP contribution is -2.37. The highest BCUT2D eigenvalue weighted by atomic mass is 32.2. The van der Waals surface area contributed by atoms with E-state index >= 15 is 0 Å². The molecule has 0 bridgehead atoms. The van der Waals surface area contributed by atoms with Crippen LogP contribution in [0.4, 0.5) is 10.2 Å². The van der Waals surface area contributed by atoms with E-state index in [1.54, 1.807) is 24.6 Å². The van der Waals surface area contributed by atoms with Gasteiger partial charge in [-0.1, -0.05) is 12.1 Å². The van der Waals surface area contributed by atoms with Crippen LogP contribution >= 0.6 is 0 Å². The number of benzene rings is 2. The van der Waals surface area contributed by atoms with Crippen LogP contribution in [0, 0.1) is 5.82 Å². The molecule has 4 heterocycles. The largest absolute Gasteiger partial charge is 0.760 e. The number of ketones is 1. The van der Waals surface area contributed by atoms with Gasteiger partial charge in [0.2, 0.25) is 0 Å². The fraction of sp³-hybridized carbons (Fsp3) is 0.333. The van der Waals surface area contributed by atoms with E-state index in [0.717, 1.165) is 46.6 Å². The summed E-state index contributed by atoms with van der Waals surface area (Å²) in [5, 5.41) is 0.806. The first-order valence-corrected chi connectivity index (χ1v) is 14.5. The molecule has 0 N–H and O–H groups in total. The number of hydrogen-bond acceptors (Lipinski definition) is 8. The molecule has 1 unspecified atom stereocenters. The fourth-order valence-electron chi connectivity index (χ4n) is 4.92. The molecule has 0 amide bonds. The van der Waals surface area contributed by atoms with Crippen LogP contribution < -0.4 is 14.4 Å². The number of nitrogens with zero attached hydrogens (tertiary/aromatic N) is 3. The predicted octanol–water partition coefficient (Wildman–Crippen LogP) is 4.82. The maximum Gasteiger partial charge on any atom is 0.171 e. The summed E-state index contributed by atoms with van der Waals surface area (Å²) >= 11 is -2.34. The summed E-state index contributed by atoms with van der Waals surface area (Å²) in [6.07, 6.45) is 5.52. The van der Waals surface area contributed by atoms with Crippen LogP contribution in [0.2, 0.25) is 0 Å². The molecule has 11 heteroatoms. The third-order valence-electron chi connectivity index (χ3n) is 7.08. The number of halogens is 1. The molecule has 2 aromatic carbocycles. The highest BCUT2D eigenvalue weighted by Crippen LogP contribution is 2.29. The minimum absolute atomic E-state index is 0.0295. The number of anilines is 1. The molecular weight excluding hydrogens is 549 g/mol. The molecule has 2 aromatic heterocycles. The number of hydrogen-bond donors (Lipinski definition) is 0. The van der Waals surface area contributed by atoms with Crippen molar-refractivity contribution >= 4 is 33.8 Å². The van der Waals surface area contributed by atoms with Crippen molar-refractivity contribution in [1.82, 2.24) is 9.29 Å². The van der Waals surface area contributed by atoms with Crippen LogP contribution in [0.15, 0.2) is 71.5 Å². The Bertz CT molecular complexity index is 1530. The molecule has 0 radical (unpaired) electrons. The highest BCUT2D eigenvalue weighted by molar-refractivity contribution is 7.76. The number of carbonyl (C=O) groups is 1. The number of aromatic nitrogens is 1. The first-order valence-electron chi connectivity index (χ1n) is 13.4. The second kappa shape index (κ2) is 13.2. The Morgan fingerprint density at radius 3 is 2.90 bits per heavy atom. The van der Waals surface area contributed by atoms with E-state index in [9.17, 15) is 17.9 Å². The number of fused-ring (bicyclic) bond motifs is 2. The number of ether oxygens (including phenoxy) is 2. The third-order valence-corrected chi connectivity index (χ3v) is 7.90. The van der Waals surface area contributed by atoms with Crippen LogP contribution in [0.1, 0.15) is 30.4 Å². The lowest BCUT2D eigenvalue weighted by atomic mass is 10.0. The van der Waals surface area contributed by atoms with Crippen molar-refractivity contribution in [2.45, 2.75) is 38.3 Å². The molecule has 2 aliphatic rings. The minimum atomic E-state index is -2.34. The summed E-state index contributed by atoms with van der Waals surface area (Å²) in [4.78, 5) is 19.0. The lowest BCUT2D eigenvalue weighted by Gasteiger charge is -2.26. The third kappa shape index (κ3) is 7.29. The van der Waals surface area contributed by atoms with Crippen molar-refractivity contribution in [2.75, 3.05) is 31.6 Å². The van der Waals surface area contributed by atoms with Gasteiger partial charge < -0.3 is 23.3 Å². The van der Waals surface area contributed by atoms with Gasteiger partial charge in [-0.25, -0.2) is 13.7 Å². The van der Waals surface area contributed by atoms with Gasteiger partial charge in [0, 0.05) is 48.4 Å². The molecule has 2 atom stereocenters. The zero-order chi connectivity index (χ0) is 28.8. The van der Waals surface area contributed by atoms with Crippen LogP contribution in [0.3, 0.4) is 0 Å². The van der Waals surface area contributed by atoms with E-state index in [1.807, 2.05) is 37.4 Å². The molecule has 0 spiro atoms. The van der Waals surface area contributed by atoms with Gasteiger partial charge >= 0.3 is 0 Å². The Balaban J connectivity index is 0.000000282. The quantitative estimate of drug-likeness (QED) is 0.273. The van der Waals surface area contributed by atoms with Crippen molar-refractivity contribution in [3.63, 3.8) is 0 Å². The summed E-state index contributed by atoms with van der Waals surface area (Å²) < 4.78 is 52.9. The molecule has 0 aliphatic carbocycles. The maximum absolute atomic E-state index is 12.5. The summed E-state index contributed by atoms with van der Waals surface area (Å²) in [5.74, 6) is 2.06. The normalized spacial score (nSPS) is 17.3. The molecule has 2 aliphatic heterocycles. The van der Waals surface area contributed by atoms with Gasteiger partial charge in [0.15, 0.2) is 17.4 Å². The number of rotatable bonds is 8. The smallest absolute Gasteiger partial charge is 0.171 e.